The maximum absolute atomic E-state index is 13.5. The molecule has 1 nitrogen and oxygen atoms in total. The Labute approximate surface area is 106 Å². The van der Waals surface area contributed by atoms with Gasteiger partial charge in [0.1, 0.15) is 5.82 Å². The Bertz CT molecular complexity index is 617. The molecule has 98 valence electrons. The van der Waals surface area contributed by atoms with Gasteiger partial charge in [-0.15, -0.1) is 0 Å². The van der Waals surface area contributed by atoms with Crippen molar-refractivity contribution in [3.05, 3.63) is 59.4 Å². The van der Waals surface area contributed by atoms with Crippen molar-refractivity contribution in [2.45, 2.75) is 6.18 Å². The minimum Gasteiger partial charge on any atom is -0.298 e. The highest BCUT2D eigenvalue weighted by atomic mass is 19.4. The molecule has 0 aliphatic rings. The second kappa shape index (κ2) is 4.84. The predicted octanol–water partition coefficient (Wildman–Crippen LogP) is 4.32. The summed E-state index contributed by atoms with van der Waals surface area (Å²) < 4.78 is 51.9. The molecule has 5 heteroatoms. The lowest BCUT2D eigenvalue weighted by Crippen LogP contribution is -2.07. The van der Waals surface area contributed by atoms with Gasteiger partial charge in [0, 0.05) is 0 Å². The Morgan fingerprint density at radius 2 is 1.68 bits per heavy atom. The zero-order valence-electron chi connectivity index (χ0n) is 9.54. The molecule has 0 fully saturated rings. The molecule has 0 heterocycles. The first-order chi connectivity index (χ1) is 8.93. The van der Waals surface area contributed by atoms with Crippen LogP contribution in [0.5, 0.6) is 0 Å². The summed E-state index contributed by atoms with van der Waals surface area (Å²) in [5.41, 5.74) is -1.07. The largest absolute Gasteiger partial charge is 0.417 e. The number of carbonyl (C=O) groups is 1. The van der Waals surface area contributed by atoms with E-state index in [1.165, 1.54) is 24.3 Å². The van der Waals surface area contributed by atoms with Gasteiger partial charge in [-0.2, -0.15) is 13.2 Å². The molecule has 0 unspecified atom stereocenters. The quantitative estimate of drug-likeness (QED) is 0.585. The van der Waals surface area contributed by atoms with E-state index in [0.717, 1.165) is 18.2 Å². The zero-order chi connectivity index (χ0) is 14.0. The lowest BCUT2D eigenvalue weighted by atomic mass is 9.98. The molecule has 0 bridgehead atoms. The minimum atomic E-state index is -4.52. The molecule has 2 aromatic carbocycles. The van der Waals surface area contributed by atoms with E-state index in [2.05, 4.69) is 0 Å². The van der Waals surface area contributed by atoms with Gasteiger partial charge in [0.05, 0.1) is 11.1 Å². The minimum absolute atomic E-state index is 0.0797. The first-order valence-electron chi connectivity index (χ1n) is 5.35. The van der Waals surface area contributed by atoms with E-state index >= 15 is 0 Å². The summed E-state index contributed by atoms with van der Waals surface area (Å²) in [7, 11) is 0. The number of alkyl halides is 3. The highest BCUT2D eigenvalue weighted by molar-refractivity contribution is 5.78. The molecule has 19 heavy (non-hydrogen) atoms. The first-order valence-corrected chi connectivity index (χ1v) is 5.35. The van der Waals surface area contributed by atoms with Crippen molar-refractivity contribution in [3.63, 3.8) is 0 Å². The molecule has 0 aromatic heterocycles. The van der Waals surface area contributed by atoms with Crippen molar-refractivity contribution in [2.75, 3.05) is 0 Å². The van der Waals surface area contributed by atoms with Crippen molar-refractivity contribution in [1.29, 1.82) is 0 Å². The van der Waals surface area contributed by atoms with E-state index in [0.29, 0.717) is 6.29 Å². The second-order valence-corrected chi connectivity index (χ2v) is 3.90. The van der Waals surface area contributed by atoms with Gasteiger partial charge < -0.3 is 0 Å². The zero-order valence-corrected chi connectivity index (χ0v) is 9.54. The predicted molar refractivity (Wildman–Crippen MR) is 62.2 cm³/mol. The smallest absolute Gasteiger partial charge is 0.298 e. The Morgan fingerprint density at radius 3 is 2.26 bits per heavy atom. The molecule has 2 rings (SSSR count). The fourth-order valence-corrected chi connectivity index (χ4v) is 1.77. The lowest BCUT2D eigenvalue weighted by molar-refractivity contribution is -0.137. The molecule has 0 radical (unpaired) electrons. The average Bonchev–Trinajstić information content (AvgIpc) is 2.37. The summed E-state index contributed by atoms with van der Waals surface area (Å²) in [5, 5.41) is 0. The Kier molecular flexibility index (Phi) is 3.38. The van der Waals surface area contributed by atoms with E-state index in [-0.39, 0.29) is 16.7 Å². The molecule has 0 aliphatic carbocycles. The molecule has 0 saturated heterocycles. The molecule has 0 spiro atoms. The molecule has 0 atom stereocenters. The number of rotatable bonds is 2. The third-order valence-electron chi connectivity index (χ3n) is 2.67. The summed E-state index contributed by atoms with van der Waals surface area (Å²) in [5.74, 6) is -0.843. The molecule has 0 aliphatic heterocycles. The fraction of sp³-hybridized carbons (Fsp3) is 0.0714. The third kappa shape index (κ3) is 2.65. The number of carbonyl (C=O) groups excluding carboxylic acids is 1. The average molecular weight is 268 g/mol. The van der Waals surface area contributed by atoms with E-state index in [4.69, 9.17) is 0 Å². The topological polar surface area (TPSA) is 17.1 Å². The molecule has 2 aromatic rings. The van der Waals surface area contributed by atoms with Gasteiger partial charge >= 0.3 is 6.18 Å². The monoisotopic (exact) mass is 268 g/mol. The van der Waals surface area contributed by atoms with Crippen LogP contribution >= 0.6 is 0 Å². The summed E-state index contributed by atoms with van der Waals surface area (Å²) >= 11 is 0. The van der Waals surface area contributed by atoms with Gasteiger partial charge in [-0.1, -0.05) is 24.3 Å². The highest BCUT2D eigenvalue weighted by Crippen LogP contribution is 2.37. The first kappa shape index (κ1) is 13.3. The van der Waals surface area contributed by atoms with Crippen molar-refractivity contribution in [2.24, 2.45) is 0 Å². The summed E-state index contributed by atoms with van der Waals surface area (Å²) in [6.07, 6.45) is -4.20. The fourth-order valence-electron chi connectivity index (χ4n) is 1.77. The summed E-state index contributed by atoms with van der Waals surface area (Å²) in [4.78, 5) is 10.5. The number of aldehydes is 1. The van der Waals surface area contributed by atoms with Crippen LogP contribution in [-0.2, 0) is 6.18 Å². The van der Waals surface area contributed by atoms with E-state index in [1.807, 2.05) is 0 Å². The van der Waals surface area contributed by atoms with Gasteiger partial charge in [0.2, 0.25) is 0 Å². The third-order valence-corrected chi connectivity index (χ3v) is 2.67. The van der Waals surface area contributed by atoms with Crippen LogP contribution in [0, 0.1) is 5.82 Å². The van der Waals surface area contributed by atoms with Crippen LogP contribution < -0.4 is 0 Å². The van der Waals surface area contributed by atoms with Crippen LogP contribution in [0.3, 0.4) is 0 Å². The van der Waals surface area contributed by atoms with Crippen molar-refractivity contribution < 1.29 is 22.4 Å². The van der Waals surface area contributed by atoms with Crippen LogP contribution in [0.25, 0.3) is 11.1 Å². The molecular formula is C14H8F4O. The normalized spacial score (nSPS) is 11.4. The number of benzene rings is 2. The van der Waals surface area contributed by atoms with Crippen molar-refractivity contribution in [1.82, 2.24) is 0 Å². The number of halogens is 4. The summed E-state index contributed by atoms with van der Waals surface area (Å²) in [6.45, 7) is 0. The van der Waals surface area contributed by atoms with Crippen LogP contribution in [-0.4, -0.2) is 6.29 Å². The number of hydrogen-bond donors (Lipinski definition) is 0. The molecule has 0 saturated carbocycles. The Balaban J connectivity index is 2.60. The molecular weight excluding hydrogens is 260 g/mol. The van der Waals surface area contributed by atoms with E-state index in [9.17, 15) is 22.4 Å². The van der Waals surface area contributed by atoms with Crippen molar-refractivity contribution in [3.8, 4) is 11.1 Å². The maximum atomic E-state index is 13.5. The molecule has 0 amide bonds. The van der Waals surface area contributed by atoms with Crippen LogP contribution in [0.1, 0.15) is 15.9 Å². The van der Waals surface area contributed by atoms with Crippen LogP contribution in [0.2, 0.25) is 0 Å². The maximum Gasteiger partial charge on any atom is 0.417 e. The Morgan fingerprint density at radius 1 is 1.00 bits per heavy atom. The van der Waals surface area contributed by atoms with Gasteiger partial charge in [-0.3, -0.25) is 4.79 Å². The Hall–Kier alpha value is -2.17. The van der Waals surface area contributed by atoms with Gasteiger partial charge in [0.25, 0.3) is 0 Å². The summed E-state index contributed by atoms with van der Waals surface area (Å²) in [6, 6.07) is 8.27. The second-order valence-electron chi connectivity index (χ2n) is 3.90. The highest BCUT2D eigenvalue weighted by Gasteiger charge is 2.33. The van der Waals surface area contributed by atoms with Crippen LogP contribution in [0.4, 0.5) is 17.6 Å². The van der Waals surface area contributed by atoms with Crippen LogP contribution in [0.15, 0.2) is 42.5 Å². The van der Waals surface area contributed by atoms with E-state index in [1.54, 1.807) is 0 Å². The SMILES string of the molecule is O=Cc1ccc(-c2ccccc2C(F)(F)F)cc1F. The number of hydrogen-bond acceptors (Lipinski definition) is 1. The lowest BCUT2D eigenvalue weighted by Gasteiger charge is -2.13. The van der Waals surface area contributed by atoms with Crippen molar-refractivity contribution >= 4 is 6.29 Å². The van der Waals surface area contributed by atoms with Gasteiger partial charge in [-0.25, -0.2) is 4.39 Å². The molecule has 0 N–H and O–H groups in total. The van der Waals surface area contributed by atoms with E-state index < -0.39 is 17.6 Å². The standard InChI is InChI=1S/C14H8F4O/c15-13-7-9(5-6-10(13)8-19)11-3-1-2-4-12(11)14(16,17)18/h1-8H. The van der Waals surface area contributed by atoms with Gasteiger partial charge in [0.15, 0.2) is 6.29 Å². The van der Waals surface area contributed by atoms with Gasteiger partial charge in [-0.05, 0) is 29.3 Å².